The van der Waals surface area contributed by atoms with Crippen LogP contribution < -0.4 is 0 Å². The van der Waals surface area contributed by atoms with Crippen LogP contribution in [0.15, 0.2) is 12.2 Å². The summed E-state index contributed by atoms with van der Waals surface area (Å²) in [7, 11) is 0. The van der Waals surface area contributed by atoms with Crippen LogP contribution in [0.4, 0.5) is 0 Å². The molecule has 0 bridgehead atoms. The number of rotatable bonds is 31. The number of carbonyl (C=O) groups excluding carboxylic acids is 5. The summed E-state index contributed by atoms with van der Waals surface area (Å²) in [5, 5.41) is 9.87. The van der Waals surface area contributed by atoms with Gasteiger partial charge in [0.15, 0.2) is 0 Å². The van der Waals surface area contributed by atoms with Gasteiger partial charge in [0.05, 0.1) is 12.7 Å². The number of unbranched alkanes of at least 4 members (excludes halogenated alkanes) is 12. The molecule has 1 fully saturated rings. The molecule has 60 heavy (non-hydrogen) atoms. The lowest BCUT2D eigenvalue weighted by molar-refractivity contribution is -0.178. The molecule has 1 unspecified atom stereocenters. The maximum atomic E-state index is 12.9. The molecule has 0 heterocycles. The first-order valence-corrected chi connectivity index (χ1v) is 22.8. The molecule has 12 heteroatoms. The van der Waals surface area contributed by atoms with Gasteiger partial charge in [0, 0.05) is 18.4 Å². The first-order chi connectivity index (χ1) is 28.3. The van der Waals surface area contributed by atoms with Crippen molar-refractivity contribution in [2.45, 2.75) is 223 Å². The number of carbonyl (C=O) groups is 5. The van der Waals surface area contributed by atoms with Crippen LogP contribution in [0, 0.1) is 11.3 Å². The highest BCUT2D eigenvalue weighted by atomic mass is 16.7. The molecule has 1 N–H and O–H groups in total. The van der Waals surface area contributed by atoms with Crippen molar-refractivity contribution in [2.75, 3.05) is 33.2 Å². The van der Waals surface area contributed by atoms with Crippen LogP contribution >= 0.6 is 0 Å². The fraction of sp³-hybridized carbons (Fsp3) is 0.854. The predicted octanol–water partition coefficient (Wildman–Crippen LogP) is 11.2. The Balaban J connectivity index is -0.00000161. The Morgan fingerprint density at radius 1 is 0.683 bits per heavy atom. The van der Waals surface area contributed by atoms with E-state index < -0.39 is 30.1 Å². The fourth-order valence-electron chi connectivity index (χ4n) is 5.60. The van der Waals surface area contributed by atoms with Gasteiger partial charge in [0.2, 0.25) is 0 Å². The van der Waals surface area contributed by atoms with Crippen LogP contribution in [-0.4, -0.2) is 87.3 Å². The average Bonchev–Trinajstić information content (AvgIpc) is 3.24. The molecule has 0 radical (unpaired) electrons. The third-order valence-corrected chi connectivity index (χ3v) is 9.41. The molecular formula is C48H92O12. The fourth-order valence-corrected chi connectivity index (χ4v) is 5.60. The van der Waals surface area contributed by atoms with E-state index in [0.717, 1.165) is 44.4 Å². The quantitative estimate of drug-likeness (QED) is 0.0231. The molecule has 1 atom stereocenters. The van der Waals surface area contributed by atoms with Crippen LogP contribution in [0.25, 0.3) is 0 Å². The lowest BCUT2D eigenvalue weighted by Crippen LogP contribution is -2.41. The van der Waals surface area contributed by atoms with Crippen molar-refractivity contribution in [1.82, 2.24) is 0 Å². The molecule has 1 saturated carbocycles. The van der Waals surface area contributed by atoms with E-state index in [1.807, 2.05) is 20.6 Å². The van der Waals surface area contributed by atoms with Gasteiger partial charge in [-0.3, -0.25) is 14.4 Å². The minimum absolute atomic E-state index is 0. The van der Waals surface area contributed by atoms with Crippen LogP contribution in [0.2, 0.25) is 0 Å². The van der Waals surface area contributed by atoms with Crippen molar-refractivity contribution >= 4 is 30.7 Å². The van der Waals surface area contributed by atoms with Gasteiger partial charge >= 0.3 is 23.9 Å². The van der Waals surface area contributed by atoms with Crippen molar-refractivity contribution < 1.29 is 57.5 Å². The third-order valence-electron chi connectivity index (χ3n) is 9.41. The summed E-state index contributed by atoms with van der Waals surface area (Å²) >= 11 is 0. The number of hydrogen-bond acceptors (Lipinski definition) is 12. The second-order valence-electron chi connectivity index (χ2n) is 16.0. The van der Waals surface area contributed by atoms with Gasteiger partial charge in [-0.1, -0.05) is 146 Å². The molecule has 1 aliphatic carbocycles. The first-order valence-electron chi connectivity index (χ1n) is 22.8. The third kappa shape index (κ3) is 37.0. The summed E-state index contributed by atoms with van der Waals surface area (Å²) in [6.07, 6.45) is 17.9. The summed E-state index contributed by atoms with van der Waals surface area (Å²) in [5.74, 6) is -0.974. The smallest absolute Gasteiger partial charge is 0.333 e. The molecule has 1 aliphatic rings. The summed E-state index contributed by atoms with van der Waals surface area (Å²) in [6.45, 7) is 22.8. The summed E-state index contributed by atoms with van der Waals surface area (Å²) in [5.41, 5.74) is -1.09. The van der Waals surface area contributed by atoms with Gasteiger partial charge in [0.25, 0.3) is 0 Å². The Labute approximate surface area is 367 Å². The normalized spacial score (nSPS) is 15.3. The lowest BCUT2D eigenvalue weighted by atomic mass is 9.91. The van der Waals surface area contributed by atoms with Gasteiger partial charge in [0.1, 0.15) is 51.0 Å². The van der Waals surface area contributed by atoms with Crippen LogP contribution in [0.5, 0.6) is 0 Å². The van der Waals surface area contributed by atoms with E-state index in [2.05, 4.69) is 41.2 Å². The topological polar surface area (TPSA) is 161 Å². The molecule has 0 amide bonds. The molecule has 356 valence electrons. The maximum absolute atomic E-state index is 12.9. The second kappa shape index (κ2) is 44.2. The number of hydrogen-bond donors (Lipinski definition) is 1. The molecule has 0 aromatic rings. The van der Waals surface area contributed by atoms with Crippen molar-refractivity contribution in [3.05, 3.63) is 12.2 Å². The van der Waals surface area contributed by atoms with Gasteiger partial charge in [-0.25, -0.2) is 4.79 Å². The van der Waals surface area contributed by atoms with Crippen molar-refractivity contribution in [3.8, 4) is 0 Å². The van der Waals surface area contributed by atoms with E-state index in [9.17, 15) is 24.3 Å². The van der Waals surface area contributed by atoms with E-state index in [-0.39, 0.29) is 63.8 Å². The van der Waals surface area contributed by atoms with E-state index in [4.69, 9.17) is 33.2 Å². The van der Waals surface area contributed by atoms with Crippen LogP contribution in [-0.2, 0) is 52.4 Å². The highest BCUT2D eigenvalue weighted by Crippen LogP contribution is 2.27. The number of esters is 4. The van der Waals surface area contributed by atoms with Gasteiger partial charge < -0.3 is 38.3 Å². The highest BCUT2D eigenvalue weighted by molar-refractivity contribution is 5.88. The SMILES string of the molecule is C.C=C(CC)C(=O)OCC(C)(CO)C(=O)OC1CCC(OCOC(COC(=O)CCCCCCCCC)COC(=O)CCCCCCCCC)CC1.C=O.CC.CC(C)C. The Bertz CT molecular complexity index is 1000. The minimum atomic E-state index is -1.38. The molecule has 1 rings (SSSR count). The number of ether oxygens (including phenoxy) is 6. The zero-order valence-electron chi connectivity index (χ0n) is 39.0. The van der Waals surface area contributed by atoms with Gasteiger partial charge in [-0.2, -0.15) is 0 Å². The van der Waals surface area contributed by atoms with Crippen molar-refractivity contribution in [3.63, 3.8) is 0 Å². The van der Waals surface area contributed by atoms with Crippen molar-refractivity contribution in [1.29, 1.82) is 0 Å². The summed E-state index contributed by atoms with van der Waals surface area (Å²) in [6, 6.07) is 0. The van der Waals surface area contributed by atoms with Gasteiger partial charge in [-0.15, -0.1) is 0 Å². The maximum Gasteiger partial charge on any atom is 0.333 e. The first kappa shape index (κ1) is 63.8. The predicted molar refractivity (Wildman–Crippen MR) is 241 cm³/mol. The van der Waals surface area contributed by atoms with Crippen molar-refractivity contribution in [2.24, 2.45) is 11.3 Å². The molecule has 12 nitrogen and oxygen atoms in total. The lowest BCUT2D eigenvalue weighted by Gasteiger charge is -2.32. The Kier molecular flexibility index (Phi) is 47.0. The van der Waals surface area contributed by atoms with E-state index in [1.54, 1.807) is 6.92 Å². The largest absolute Gasteiger partial charge is 0.463 e. The Hall–Kier alpha value is -2.83. The molecular weight excluding hydrogens is 769 g/mol. The van der Waals surface area contributed by atoms with Gasteiger partial charge in [-0.05, 0) is 57.8 Å². The van der Waals surface area contributed by atoms with E-state index >= 15 is 0 Å². The monoisotopic (exact) mass is 861 g/mol. The molecule has 0 saturated heterocycles. The van der Waals surface area contributed by atoms with Crippen LogP contribution in [0.1, 0.15) is 205 Å². The Morgan fingerprint density at radius 3 is 1.48 bits per heavy atom. The van der Waals surface area contributed by atoms with E-state index in [1.165, 1.54) is 58.3 Å². The Morgan fingerprint density at radius 2 is 1.08 bits per heavy atom. The zero-order chi connectivity index (χ0) is 45.3. The van der Waals surface area contributed by atoms with E-state index in [0.29, 0.717) is 44.9 Å². The van der Waals surface area contributed by atoms with Crippen LogP contribution in [0.3, 0.4) is 0 Å². The minimum Gasteiger partial charge on any atom is -0.463 e. The molecule has 0 spiro atoms. The average molecular weight is 861 g/mol. The molecule has 0 aromatic carbocycles. The molecule has 0 aliphatic heterocycles. The number of aliphatic hydroxyl groups excluding tert-OH is 1. The highest BCUT2D eigenvalue weighted by Gasteiger charge is 2.38. The molecule has 0 aromatic heterocycles. The second-order valence-corrected chi connectivity index (χ2v) is 16.0. The standard InChI is InChI=1S/C40H70O11.C4H10.C2H6.CH2O.CH4/c1-6-9-11-13-15-17-19-21-36(42)46-27-35(28-47-37(43)22-20-18-16-14-12-10-7-2)50-31-49-33-23-25-34(26-24-33)51-39(45)40(5,29-41)30-48-38(44)32(4)8-3;1-4(2)3;2*1-2;/h33-35,41H,4,6-31H2,1-3,5H3;4H,1-3H3;1-2H3;1H2;1H4. The summed E-state index contributed by atoms with van der Waals surface area (Å²) < 4.78 is 33.7. The zero-order valence-corrected chi connectivity index (χ0v) is 39.0. The number of aliphatic hydroxyl groups is 1. The summed E-state index contributed by atoms with van der Waals surface area (Å²) in [4.78, 5) is 57.7.